The van der Waals surface area contributed by atoms with Crippen LogP contribution in [-0.4, -0.2) is 42.9 Å². The fraction of sp³-hybridized carbons (Fsp3) is 0.529. The van der Waals surface area contributed by atoms with Gasteiger partial charge in [0.05, 0.1) is 5.41 Å². The third-order valence-corrected chi connectivity index (χ3v) is 4.70. The van der Waals surface area contributed by atoms with Crippen molar-refractivity contribution < 1.29 is 9.59 Å². The summed E-state index contributed by atoms with van der Waals surface area (Å²) < 4.78 is 0. The Labute approximate surface area is 143 Å². The highest BCUT2D eigenvalue weighted by molar-refractivity contribution is 5.97. The first kappa shape index (κ1) is 17.8. The summed E-state index contributed by atoms with van der Waals surface area (Å²) in [4.78, 5) is 26.5. The predicted octanol–water partition coefficient (Wildman–Crippen LogP) is 2.28. The van der Waals surface area contributed by atoms with E-state index in [4.69, 9.17) is 0 Å². The van der Waals surface area contributed by atoms with E-state index < -0.39 is 0 Å². The minimum absolute atomic E-state index is 0. The number of amides is 2. The van der Waals surface area contributed by atoms with Gasteiger partial charge in [-0.15, -0.1) is 12.4 Å². The molecule has 0 spiro atoms. The van der Waals surface area contributed by atoms with Gasteiger partial charge in [-0.25, -0.2) is 0 Å². The number of benzene rings is 1. The van der Waals surface area contributed by atoms with E-state index in [9.17, 15) is 9.59 Å². The molecule has 1 atom stereocenters. The molecule has 1 aromatic rings. The molecule has 23 heavy (non-hydrogen) atoms. The van der Waals surface area contributed by atoms with Gasteiger partial charge in [-0.2, -0.15) is 0 Å². The molecule has 1 unspecified atom stereocenters. The molecule has 2 aliphatic rings. The predicted molar refractivity (Wildman–Crippen MR) is 93.1 cm³/mol. The second kappa shape index (κ2) is 7.32. The molecule has 5 nitrogen and oxygen atoms in total. The van der Waals surface area contributed by atoms with Crippen LogP contribution in [0.1, 0.15) is 36.5 Å². The molecule has 6 heteroatoms. The Morgan fingerprint density at radius 3 is 2.39 bits per heavy atom. The molecule has 0 radical (unpaired) electrons. The summed E-state index contributed by atoms with van der Waals surface area (Å²) in [6, 6.07) is 7.22. The smallest absolute Gasteiger partial charge is 0.253 e. The molecule has 2 N–H and O–H groups in total. The molecule has 3 rings (SSSR count). The second-order valence-electron chi connectivity index (χ2n) is 6.52. The molecule has 0 aliphatic carbocycles. The van der Waals surface area contributed by atoms with Gasteiger partial charge in [-0.3, -0.25) is 9.59 Å². The quantitative estimate of drug-likeness (QED) is 0.889. The van der Waals surface area contributed by atoms with Crippen LogP contribution in [0.5, 0.6) is 0 Å². The van der Waals surface area contributed by atoms with Crippen LogP contribution >= 0.6 is 12.4 Å². The molecule has 1 aromatic carbocycles. The summed E-state index contributed by atoms with van der Waals surface area (Å²) in [6.45, 7) is 5.27. The molecule has 126 valence electrons. The number of hydrogen-bond acceptors (Lipinski definition) is 3. The van der Waals surface area contributed by atoms with Gasteiger partial charge in [0, 0.05) is 30.9 Å². The zero-order valence-corrected chi connectivity index (χ0v) is 14.2. The lowest BCUT2D eigenvalue weighted by Crippen LogP contribution is -2.35. The lowest BCUT2D eigenvalue weighted by molar-refractivity contribution is -0.123. The van der Waals surface area contributed by atoms with Gasteiger partial charge in [0.15, 0.2) is 0 Å². The third kappa shape index (κ3) is 3.85. The minimum atomic E-state index is -0.343. The number of anilines is 1. The fourth-order valence-corrected chi connectivity index (χ4v) is 3.09. The van der Waals surface area contributed by atoms with Gasteiger partial charge >= 0.3 is 0 Å². The van der Waals surface area contributed by atoms with E-state index >= 15 is 0 Å². The number of likely N-dealkylation sites (tertiary alicyclic amines) is 1. The van der Waals surface area contributed by atoms with Crippen molar-refractivity contribution in [1.29, 1.82) is 0 Å². The van der Waals surface area contributed by atoms with Crippen LogP contribution in [0.25, 0.3) is 0 Å². The van der Waals surface area contributed by atoms with E-state index in [1.54, 1.807) is 12.1 Å². The Hall–Kier alpha value is -1.59. The molecular formula is C17H24ClN3O2. The molecule has 0 saturated carbocycles. The van der Waals surface area contributed by atoms with Crippen molar-refractivity contribution in [2.24, 2.45) is 5.41 Å². The van der Waals surface area contributed by atoms with Crippen molar-refractivity contribution in [3.8, 4) is 0 Å². The molecule has 0 aromatic heterocycles. The van der Waals surface area contributed by atoms with Gasteiger partial charge < -0.3 is 15.5 Å². The minimum Gasteiger partial charge on any atom is -0.339 e. The maximum Gasteiger partial charge on any atom is 0.253 e. The van der Waals surface area contributed by atoms with Gasteiger partial charge in [-0.1, -0.05) is 0 Å². The van der Waals surface area contributed by atoms with Crippen LogP contribution in [0.3, 0.4) is 0 Å². The first-order valence-corrected chi connectivity index (χ1v) is 8.00. The fourth-order valence-electron chi connectivity index (χ4n) is 3.09. The summed E-state index contributed by atoms with van der Waals surface area (Å²) in [5.74, 6) is 0.124. The molecular weight excluding hydrogens is 314 g/mol. The number of rotatable bonds is 3. The number of nitrogens with one attached hydrogen (secondary N) is 2. The van der Waals surface area contributed by atoms with E-state index in [0.717, 1.165) is 44.6 Å². The van der Waals surface area contributed by atoms with Gasteiger partial charge in [0.25, 0.3) is 5.91 Å². The monoisotopic (exact) mass is 337 g/mol. The largest absolute Gasteiger partial charge is 0.339 e. The number of hydrogen-bond donors (Lipinski definition) is 2. The van der Waals surface area contributed by atoms with Crippen molar-refractivity contribution in [2.75, 3.05) is 31.5 Å². The normalized spacial score (nSPS) is 23.4. The van der Waals surface area contributed by atoms with Crippen molar-refractivity contribution in [3.05, 3.63) is 29.8 Å². The highest BCUT2D eigenvalue weighted by Crippen LogP contribution is 2.26. The zero-order chi connectivity index (χ0) is 15.6. The number of carbonyl (C=O) groups excluding carboxylic acids is 2. The first-order chi connectivity index (χ1) is 10.6. The lowest BCUT2D eigenvalue weighted by atomic mass is 9.89. The summed E-state index contributed by atoms with van der Waals surface area (Å²) in [6.07, 6.45) is 3.03. The maximum absolute atomic E-state index is 12.3. The Morgan fingerprint density at radius 1 is 1.17 bits per heavy atom. The van der Waals surface area contributed by atoms with E-state index in [1.807, 2.05) is 24.0 Å². The summed E-state index contributed by atoms with van der Waals surface area (Å²) in [5, 5.41) is 6.18. The summed E-state index contributed by atoms with van der Waals surface area (Å²) in [5.41, 5.74) is 1.09. The van der Waals surface area contributed by atoms with Crippen LogP contribution in [0.4, 0.5) is 5.69 Å². The summed E-state index contributed by atoms with van der Waals surface area (Å²) >= 11 is 0. The van der Waals surface area contributed by atoms with E-state index in [0.29, 0.717) is 12.1 Å². The Morgan fingerprint density at radius 2 is 1.83 bits per heavy atom. The maximum atomic E-state index is 12.3. The lowest BCUT2D eigenvalue weighted by Gasteiger charge is -2.21. The van der Waals surface area contributed by atoms with Crippen LogP contribution in [0, 0.1) is 5.41 Å². The average Bonchev–Trinajstić information content (AvgIpc) is 3.19. The number of halogens is 1. The molecule has 2 heterocycles. The van der Waals surface area contributed by atoms with E-state index in [2.05, 4.69) is 10.6 Å². The van der Waals surface area contributed by atoms with Crippen LogP contribution in [-0.2, 0) is 4.79 Å². The molecule has 0 bridgehead atoms. The van der Waals surface area contributed by atoms with Crippen molar-refractivity contribution in [3.63, 3.8) is 0 Å². The van der Waals surface area contributed by atoms with Crippen molar-refractivity contribution in [1.82, 2.24) is 10.2 Å². The van der Waals surface area contributed by atoms with Crippen LogP contribution < -0.4 is 10.6 Å². The second-order valence-corrected chi connectivity index (χ2v) is 6.52. The topological polar surface area (TPSA) is 61.4 Å². The Balaban J connectivity index is 0.00000192. The van der Waals surface area contributed by atoms with E-state index in [-0.39, 0.29) is 29.6 Å². The first-order valence-electron chi connectivity index (χ1n) is 8.00. The standard InChI is InChI=1S/C17H23N3O2.ClH/c1-17(8-9-18-12-17)16(22)19-14-6-4-13(5-7-14)15(21)20-10-2-3-11-20;/h4-7,18H,2-3,8-12H2,1H3,(H,19,22);1H. The highest BCUT2D eigenvalue weighted by atomic mass is 35.5. The van der Waals surface area contributed by atoms with Gasteiger partial charge in [-0.05, 0) is 57.0 Å². The number of nitrogens with zero attached hydrogens (tertiary/aromatic N) is 1. The molecule has 2 saturated heterocycles. The van der Waals surface area contributed by atoms with Crippen molar-refractivity contribution >= 4 is 29.9 Å². The van der Waals surface area contributed by atoms with Crippen molar-refractivity contribution in [2.45, 2.75) is 26.2 Å². The molecule has 2 fully saturated rings. The molecule has 2 aliphatic heterocycles. The Kier molecular flexibility index (Phi) is 5.65. The van der Waals surface area contributed by atoms with Gasteiger partial charge in [0.1, 0.15) is 0 Å². The SMILES string of the molecule is CC1(C(=O)Nc2ccc(C(=O)N3CCCC3)cc2)CCNC1.Cl. The zero-order valence-electron chi connectivity index (χ0n) is 13.4. The molecule has 2 amide bonds. The third-order valence-electron chi connectivity index (χ3n) is 4.70. The average molecular weight is 338 g/mol. The summed E-state index contributed by atoms with van der Waals surface area (Å²) in [7, 11) is 0. The Bertz CT molecular complexity index is 562. The van der Waals surface area contributed by atoms with E-state index in [1.165, 1.54) is 0 Å². The highest BCUT2D eigenvalue weighted by Gasteiger charge is 2.36. The van der Waals surface area contributed by atoms with Gasteiger partial charge in [0.2, 0.25) is 5.91 Å². The number of carbonyl (C=O) groups is 2. The van der Waals surface area contributed by atoms with Crippen LogP contribution in [0.2, 0.25) is 0 Å². The van der Waals surface area contributed by atoms with Crippen LogP contribution in [0.15, 0.2) is 24.3 Å².